The van der Waals surface area contributed by atoms with E-state index in [0.29, 0.717) is 37.7 Å². The van der Waals surface area contributed by atoms with E-state index in [1.807, 2.05) is 0 Å². The predicted molar refractivity (Wildman–Crippen MR) is 187 cm³/mol. The van der Waals surface area contributed by atoms with Crippen LogP contribution in [0.15, 0.2) is 0 Å². The molecule has 8 aliphatic rings. The molecule has 4 aliphatic heterocycles. The molecule has 4 heterocycles. The first-order valence-corrected chi connectivity index (χ1v) is 20.6. The third kappa shape index (κ3) is 6.48. The van der Waals surface area contributed by atoms with Crippen LogP contribution in [0.5, 0.6) is 0 Å². The Morgan fingerprint density at radius 3 is 2.02 bits per heavy atom. The molecule has 24 atom stereocenters. The Kier molecular flexibility index (Phi) is 11.3. The highest BCUT2D eigenvalue weighted by Gasteiger charge is 2.70. The summed E-state index contributed by atoms with van der Waals surface area (Å²) in [5, 5.41) is 106. The lowest BCUT2D eigenvalue weighted by atomic mass is 9.43. The second-order valence-electron chi connectivity index (χ2n) is 18.9. The molecule has 4 saturated carbocycles. The number of ether oxygens (including phenoxy) is 6. The summed E-state index contributed by atoms with van der Waals surface area (Å²) in [7, 11) is 0. The van der Waals surface area contributed by atoms with Gasteiger partial charge in [-0.05, 0) is 85.4 Å². The number of hydrogen-bond acceptors (Lipinski definition) is 16. The fourth-order valence-corrected chi connectivity index (χ4v) is 13.4. The van der Waals surface area contributed by atoms with Crippen LogP contribution in [0.2, 0.25) is 0 Å². The van der Waals surface area contributed by atoms with Gasteiger partial charge in [0.15, 0.2) is 18.4 Å². The molecular formula is C39H64O16. The summed E-state index contributed by atoms with van der Waals surface area (Å²) in [6.45, 7) is 6.12. The lowest BCUT2D eigenvalue weighted by Gasteiger charge is -2.63. The van der Waals surface area contributed by atoms with E-state index >= 15 is 0 Å². The minimum absolute atomic E-state index is 0.0245. The number of aliphatic hydroxyl groups excluding tert-OH is 10. The molecule has 55 heavy (non-hydrogen) atoms. The summed E-state index contributed by atoms with van der Waals surface area (Å²) in [6.07, 6.45) is -12.3. The Bertz CT molecular complexity index is 1350. The predicted octanol–water partition coefficient (Wildman–Crippen LogP) is -1.64. The lowest BCUT2D eigenvalue weighted by molar-refractivity contribution is -0.367. The molecule has 0 unspecified atom stereocenters. The molecule has 0 radical (unpaired) electrons. The van der Waals surface area contributed by atoms with Gasteiger partial charge in [-0.2, -0.15) is 0 Å². The van der Waals surface area contributed by atoms with Crippen LogP contribution in [0.4, 0.5) is 0 Å². The van der Waals surface area contributed by atoms with Gasteiger partial charge in [0, 0.05) is 24.9 Å². The van der Waals surface area contributed by atoms with Gasteiger partial charge >= 0.3 is 0 Å². The molecule has 0 aromatic carbocycles. The monoisotopic (exact) mass is 788 g/mol. The van der Waals surface area contributed by atoms with Gasteiger partial charge in [0.2, 0.25) is 0 Å². The van der Waals surface area contributed by atoms with Crippen LogP contribution in [0.3, 0.4) is 0 Å². The zero-order chi connectivity index (χ0) is 39.4. The zero-order valence-corrected chi connectivity index (χ0v) is 32.0. The van der Waals surface area contributed by atoms with Crippen molar-refractivity contribution in [2.75, 3.05) is 26.4 Å². The molecular weight excluding hydrogens is 724 g/mol. The number of rotatable bonds is 7. The molecule has 4 aliphatic carbocycles. The van der Waals surface area contributed by atoms with Crippen molar-refractivity contribution in [3.8, 4) is 0 Å². The maximum Gasteiger partial charge on any atom is 0.187 e. The number of fused-ring (bicyclic) bond motifs is 7. The summed E-state index contributed by atoms with van der Waals surface area (Å²) in [5.74, 6) is 0.780. The Balaban J connectivity index is 0.926. The van der Waals surface area contributed by atoms with Gasteiger partial charge in [-0.1, -0.05) is 20.8 Å². The second-order valence-corrected chi connectivity index (χ2v) is 18.9. The van der Waals surface area contributed by atoms with E-state index in [1.54, 1.807) is 0 Å². The van der Waals surface area contributed by atoms with Gasteiger partial charge in [-0.15, -0.1) is 0 Å². The summed E-state index contributed by atoms with van der Waals surface area (Å²) in [6, 6.07) is 0. The highest BCUT2D eigenvalue weighted by molar-refractivity contribution is 5.17. The third-order valence-corrected chi connectivity index (χ3v) is 16.3. The molecule has 0 aromatic rings. The van der Waals surface area contributed by atoms with Crippen LogP contribution in [-0.2, 0) is 28.4 Å². The molecule has 316 valence electrons. The van der Waals surface area contributed by atoms with Gasteiger partial charge in [0.25, 0.3) is 0 Å². The fraction of sp³-hybridized carbons (Fsp3) is 1.00. The van der Waals surface area contributed by atoms with E-state index in [-0.39, 0.29) is 53.1 Å². The van der Waals surface area contributed by atoms with Gasteiger partial charge < -0.3 is 79.5 Å². The van der Waals surface area contributed by atoms with Crippen LogP contribution in [0.25, 0.3) is 0 Å². The topological polar surface area (TPSA) is 258 Å². The van der Waals surface area contributed by atoms with Crippen molar-refractivity contribution in [1.82, 2.24) is 0 Å². The summed E-state index contributed by atoms with van der Waals surface area (Å²) < 4.78 is 36.4. The largest absolute Gasteiger partial charge is 0.396 e. The van der Waals surface area contributed by atoms with Crippen LogP contribution < -0.4 is 0 Å². The zero-order valence-electron chi connectivity index (χ0n) is 32.0. The third-order valence-electron chi connectivity index (χ3n) is 16.3. The summed E-state index contributed by atoms with van der Waals surface area (Å²) in [4.78, 5) is 0. The van der Waals surface area contributed by atoms with Crippen molar-refractivity contribution in [1.29, 1.82) is 0 Å². The Hall–Kier alpha value is -0.640. The van der Waals surface area contributed by atoms with Crippen LogP contribution in [0.1, 0.15) is 72.1 Å². The number of aliphatic hydroxyl groups is 10. The highest BCUT2D eigenvalue weighted by atomic mass is 16.7. The second kappa shape index (κ2) is 15.1. The molecule has 8 rings (SSSR count). The van der Waals surface area contributed by atoms with Crippen LogP contribution >= 0.6 is 0 Å². The quantitative estimate of drug-likeness (QED) is 0.130. The minimum atomic E-state index is -1.78. The maximum absolute atomic E-state index is 11.9. The van der Waals surface area contributed by atoms with Gasteiger partial charge in [-0.3, -0.25) is 0 Å². The first-order chi connectivity index (χ1) is 26.1. The average molecular weight is 789 g/mol. The summed E-state index contributed by atoms with van der Waals surface area (Å²) in [5.41, 5.74) is -0.361. The van der Waals surface area contributed by atoms with Crippen molar-refractivity contribution in [3.05, 3.63) is 0 Å². The Labute approximate surface area is 321 Å². The Morgan fingerprint density at radius 2 is 1.35 bits per heavy atom. The molecule has 1 spiro atoms. The van der Waals surface area contributed by atoms with E-state index in [9.17, 15) is 51.1 Å². The molecule has 0 aromatic heterocycles. The fourth-order valence-electron chi connectivity index (χ4n) is 13.4. The molecule has 0 bridgehead atoms. The standard InChI is InChI=1S/C39H64O16/c1-16-28-25(55-39(16)7-4-17(12-40)15-50-39)9-20-18-8-22(43)21-10-24(23(44)11-38(21,3)19(18)5-6-37(20,28)2)51-35-33(49)31(47)34(27(14-42)53-35)54-36-32(48)30(46)29(45)26(13-41)52-36/h16-36,40-49H,4-15H2,1-3H3/t16-,17-,18+,19-,20-,21+,22+,23+,24+,25-,26+,27+,28-,29+,30-,31+,32+,33+,34-,35+,36-,37-,38+,39+/m0/s1. The lowest BCUT2D eigenvalue weighted by Crippen LogP contribution is -2.65. The van der Waals surface area contributed by atoms with E-state index in [0.717, 1.165) is 32.1 Å². The van der Waals surface area contributed by atoms with Crippen LogP contribution in [-0.4, -0.2) is 169 Å². The van der Waals surface area contributed by atoms with Crippen molar-refractivity contribution in [2.45, 2.75) is 164 Å². The molecule has 4 saturated heterocycles. The van der Waals surface area contributed by atoms with Crippen LogP contribution in [0, 0.1) is 52.3 Å². The van der Waals surface area contributed by atoms with Crippen molar-refractivity contribution in [3.63, 3.8) is 0 Å². The van der Waals surface area contributed by atoms with Gasteiger partial charge in [0.05, 0.1) is 44.2 Å². The number of hydrogen-bond donors (Lipinski definition) is 10. The molecule has 10 N–H and O–H groups in total. The highest BCUT2D eigenvalue weighted by Crippen LogP contribution is 2.71. The SMILES string of the molecule is C[C@H]1[C@H]2[C@H](C[C@H]3[C@@H]4C[C@@H](O)[C@H]5C[C@@H](O[C@@H]6O[C@H](CO)[C@H](O[C@@H]7O[C@H](CO)[C@@H](O)[C@H](O)[C@H]7O)[C@H](O)[C@H]6O)[C@H](O)C[C@]5(C)[C@H]4CC[C@]23C)O[C@]12CC[C@@H](CO)CO2. The van der Waals surface area contributed by atoms with Gasteiger partial charge in [-0.25, -0.2) is 0 Å². The Morgan fingerprint density at radius 1 is 0.655 bits per heavy atom. The summed E-state index contributed by atoms with van der Waals surface area (Å²) >= 11 is 0. The molecule has 16 heteroatoms. The average Bonchev–Trinajstić information content (AvgIpc) is 3.61. The van der Waals surface area contributed by atoms with Crippen molar-refractivity contribution < 1.29 is 79.5 Å². The minimum Gasteiger partial charge on any atom is -0.396 e. The van der Waals surface area contributed by atoms with E-state index in [1.165, 1.54) is 0 Å². The van der Waals surface area contributed by atoms with E-state index in [4.69, 9.17) is 28.4 Å². The van der Waals surface area contributed by atoms with Crippen molar-refractivity contribution in [2.24, 2.45) is 52.3 Å². The van der Waals surface area contributed by atoms with E-state index < -0.39 is 98.7 Å². The van der Waals surface area contributed by atoms with Crippen molar-refractivity contribution >= 4 is 0 Å². The molecule has 16 nitrogen and oxygen atoms in total. The molecule has 0 amide bonds. The first kappa shape index (κ1) is 41.1. The van der Waals surface area contributed by atoms with E-state index in [2.05, 4.69) is 20.8 Å². The first-order valence-electron chi connectivity index (χ1n) is 20.6. The van der Waals surface area contributed by atoms with Gasteiger partial charge in [0.1, 0.15) is 48.8 Å². The maximum atomic E-state index is 11.9. The normalized spacial score (nSPS) is 59.2. The molecule has 8 fully saturated rings. The smallest absolute Gasteiger partial charge is 0.187 e.